The average Bonchev–Trinajstić information content (AvgIpc) is 2.87. The normalized spacial score (nSPS) is 14.0. The molecule has 2 heterocycles. The number of primary amides is 1. The Bertz CT molecular complexity index is 1250. The van der Waals surface area contributed by atoms with Gasteiger partial charge in [-0.1, -0.05) is 30.3 Å². The summed E-state index contributed by atoms with van der Waals surface area (Å²) < 4.78 is 41.5. The number of Topliss-reactive ketones (excluding diaryl/α,β-unsaturated/α-hetero) is 1. The minimum atomic E-state index is -4.51. The van der Waals surface area contributed by atoms with Gasteiger partial charge in [0.25, 0.3) is 0 Å². The van der Waals surface area contributed by atoms with Crippen LogP contribution in [-0.4, -0.2) is 42.9 Å². The zero-order valence-corrected chi connectivity index (χ0v) is 19.6. The van der Waals surface area contributed by atoms with Crippen molar-refractivity contribution < 1.29 is 22.8 Å². The van der Waals surface area contributed by atoms with Crippen molar-refractivity contribution in [2.24, 2.45) is 5.73 Å². The summed E-state index contributed by atoms with van der Waals surface area (Å²) >= 11 is 0. The van der Waals surface area contributed by atoms with Crippen molar-refractivity contribution in [2.75, 3.05) is 31.1 Å². The predicted octanol–water partition coefficient (Wildman–Crippen LogP) is 3.82. The number of hydrogen-bond acceptors (Lipinski definition) is 5. The summed E-state index contributed by atoms with van der Waals surface area (Å²) in [5.41, 5.74) is 7.58. The molecule has 4 rings (SSSR count). The first-order chi connectivity index (χ1) is 17.2. The smallest absolute Gasteiger partial charge is 0.368 e. The van der Waals surface area contributed by atoms with Crippen LogP contribution in [0.15, 0.2) is 60.9 Å². The van der Waals surface area contributed by atoms with E-state index in [1.807, 2.05) is 6.07 Å². The summed E-state index contributed by atoms with van der Waals surface area (Å²) in [7, 11) is 0. The van der Waals surface area contributed by atoms with Crippen molar-refractivity contribution in [3.05, 3.63) is 94.3 Å². The number of aryl methyl sites for hydroxylation is 2. The number of rotatable bonds is 8. The second-order valence-corrected chi connectivity index (χ2v) is 8.79. The van der Waals surface area contributed by atoms with E-state index in [4.69, 9.17) is 5.73 Å². The van der Waals surface area contributed by atoms with Crippen LogP contribution in [0.4, 0.5) is 18.9 Å². The quantitative estimate of drug-likeness (QED) is 0.463. The third kappa shape index (κ3) is 6.09. The van der Waals surface area contributed by atoms with Gasteiger partial charge in [-0.3, -0.25) is 14.6 Å². The van der Waals surface area contributed by atoms with Gasteiger partial charge in [0, 0.05) is 50.6 Å². The van der Waals surface area contributed by atoms with E-state index in [0.29, 0.717) is 55.7 Å². The Morgan fingerprint density at radius 2 is 1.64 bits per heavy atom. The topological polar surface area (TPSA) is 88.3 Å². The second-order valence-electron chi connectivity index (χ2n) is 8.79. The molecule has 0 spiro atoms. The van der Waals surface area contributed by atoms with E-state index in [2.05, 4.69) is 10.3 Å². The zero-order valence-electron chi connectivity index (χ0n) is 19.6. The van der Waals surface area contributed by atoms with Gasteiger partial charge >= 0.3 is 6.18 Å². The first-order valence-corrected chi connectivity index (χ1v) is 11.7. The zero-order chi connectivity index (χ0) is 25.7. The molecule has 6 nitrogen and oxygen atoms in total. The van der Waals surface area contributed by atoms with E-state index in [0.717, 1.165) is 17.2 Å². The minimum absolute atomic E-state index is 0.0952. The van der Waals surface area contributed by atoms with Gasteiger partial charge in [-0.15, -0.1) is 0 Å². The van der Waals surface area contributed by atoms with Crippen LogP contribution in [0.2, 0.25) is 0 Å². The molecule has 1 saturated heterocycles. The Kier molecular flexibility index (Phi) is 7.69. The van der Waals surface area contributed by atoms with Crippen molar-refractivity contribution in [3.8, 4) is 0 Å². The van der Waals surface area contributed by atoms with Crippen molar-refractivity contribution in [1.29, 1.82) is 0 Å². The molecule has 3 aromatic rings. The second kappa shape index (κ2) is 10.9. The van der Waals surface area contributed by atoms with E-state index >= 15 is 0 Å². The van der Waals surface area contributed by atoms with Crippen LogP contribution in [0.3, 0.4) is 0 Å². The lowest BCUT2D eigenvalue weighted by Gasteiger charge is -2.33. The molecule has 1 aromatic heterocycles. The number of benzene rings is 2. The number of halogens is 3. The molecular formula is C27H27F3N4O2. The highest BCUT2D eigenvalue weighted by molar-refractivity contribution is 5.98. The molecule has 1 amide bonds. The molecule has 1 fully saturated rings. The lowest BCUT2D eigenvalue weighted by Crippen LogP contribution is -2.44. The largest absolute Gasteiger partial charge is 0.418 e. The summed E-state index contributed by atoms with van der Waals surface area (Å²) in [6, 6.07) is 12.8. The summed E-state index contributed by atoms with van der Waals surface area (Å²) in [4.78, 5) is 30.3. The highest BCUT2D eigenvalue weighted by Crippen LogP contribution is 2.39. The lowest BCUT2D eigenvalue weighted by molar-refractivity contribution is -0.137. The number of piperazine rings is 1. The molecule has 9 heteroatoms. The van der Waals surface area contributed by atoms with Crippen molar-refractivity contribution in [3.63, 3.8) is 0 Å². The number of amides is 1. The van der Waals surface area contributed by atoms with Gasteiger partial charge in [0.15, 0.2) is 5.78 Å². The Morgan fingerprint density at radius 1 is 0.944 bits per heavy atom. The molecule has 2 aromatic carbocycles. The maximum absolute atomic E-state index is 13.8. The summed E-state index contributed by atoms with van der Waals surface area (Å²) in [6.07, 6.45) is -0.384. The number of para-hydroxylation sites is 1. The van der Waals surface area contributed by atoms with Gasteiger partial charge in [0.1, 0.15) is 0 Å². The number of carbonyl (C=O) groups is 2. The third-order valence-electron chi connectivity index (χ3n) is 6.24. The molecule has 0 bridgehead atoms. The predicted molar refractivity (Wildman–Crippen MR) is 131 cm³/mol. The highest BCUT2D eigenvalue weighted by Gasteiger charge is 2.36. The Labute approximate surface area is 207 Å². The fraction of sp³-hybridized carbons (Fsp3) is 0.296. The third-order valence-corrected chi connectivity index (χ3v) is 6.24. The maximum atomic E-state index is 13.8. The Balaban J connectivity index is 1.53. The van der Waals surface area contributed by atoms with Gasteiger partial charge in [0.05, 0.1) is 16.8 Å². The number of nitrogens with zero attached hydrogens (tertiary/aromatic N) is 2. The van der Waals surface area contributed by atoms with Gasteiger partial charge in [0.2, 0.25) is 5.91 Å². The van der Waals surface area contributed by atoms with Gasteiger partial charge < -0.3 is 16.0 Å². The molecule has 3 N–H and O–H groups in total. The number of nitrogens with one attached hydrogen (secondary N) is 1. The van der Waals surface area contributed by atoms with Crippen molar-refractivity contribution in [1.82, 2.24) is 10.3 Å². The molecular weight excluding hydrogens is 469 g/mol. The molecule has 0 saturated carbocycles. The van der Waals surface area contributed by atoms with E-state index in [9.17, 15) is 22.8 Å². The molecule has 36 heavy (non-hydrogen) atoms. The SMILES string of the molecule is NC(=O)c1cncc(CCc2cccc(C(=O)Cc3cccc(C(F)(F)F)c3N3CCNCC3)c2)c1. The van der Waals surface area contributed by atoms with Gasteiger partial charge in [-0.25, -0.2) is 0 Å². The summed E-state index contributed by atoms with van der Waals surface area (Å²) in [5.74, 6) is -0.795. The number of aromatic nitrogens is 1. The summed E-state index contributed by atoms with van der Waals surface area (Å²) in [6.45, 7) is 2.05. The standard InChI is InChI=1S/C27H27F3N4O2/c28-27(29,30)23-6-2-5-21(25(23)34-11-9-32-10-12-34)15-24(35)20-4-1-3-18(13-20)7-8-19-14-22(26(31)36)17-33-16-19/h1-6,13-14,16-17,32H,7-12,15H2,(H2,31,36). The first kappa shape index (κ1) is 25.4. The van der Waals surface area contributed by atoms with E-state index in [1.165, 1.54) is 12.3 Å². The van der Waals surface area contributed by atoms with Crippen LogP contribution in [-0.2, 0) is 25.4 Å². The number of nitrogens with two attached hydrogens (primary N) is 1. The molecule has 0 atom stereocenters. The van der Waals surface area contributed by atoms with Crippen LogP contribution in [0.1, 0.15) is 43.0 Å². The van der Waals surface area contributed by atoms with Crippen LogP contribution in [0.25, 0.3) is 0 Å². The van der Waals surface area contributed by atoms with Gasteiger partial charge in [-0.05, 0) is 47.7 Å². The van der Waals surface area contributed by atoms with Crippen LogP contribution >= 0.6 is 0 Å². The molecule has 188 valence electrons. The first-order valence-electron chi connectivity index (χ1n) is 11.7. The van der Waals surface area contributed by atoms with E-state index < -0.39 is 17.6 Å². The van der Waals surface area contributed by atoms with E-state index in [1.54, 1.807) is 41.4 Å². The molecule has 1 aliphatic rings. The lowest BCUT2D eigenvalue weighted by atomic mass is 9.95. The Morgan fingerprint density at radius 3 is 2.36 bits per heavy atom. The highest BCUT2D eigenvalue weighted by atomic mass is 19.4. The monoisotopic (exact) mass is 496 g/mol. The number of ketones is 1. The average molecular weight is 497 g/mol. The number of hydrogen-bond donors (Lipinski definition) is 2. The summed E-state index contributed by atoms with van der Waals surface area (Å²) in [5, 5.41) is 3.15. The van der Waals surface area contributed by atoms with Crippen molar-refractivity contribution in [2.45, 2.75) is 25.4 Å². The molecule has 0 unspecified atom stereocenters. The molecule has 0 aliphatic carbocycles. The molecule has 1 aliphatic heterocycles. The maximum Gasteiger partial charge on any atom is 0.418 e. The number of alkyl halides is 3. The van der Waals surface area contributed by atoms with Gasteiger partial charge in [-0.2, -0.15) is 13.2 Å². The minimum Gasteiger partial charge on any atom is -0.368 e. The fourth-order valence-corrected chi connectivity index (χ4v) is 4.45. The van der Waals surface area contributed by atoms with Crippen LogP contribution < -0.4 is 16.0 Å². The molecule has 0 radical (unpaired) electrons. The number of pyridine rings is 1. The number of carbonyl (C=O) groups excluding carboxylic acids is 2. The Hall–Kier alpha value is -3.72. The fourth-order valence-electron chi connectivity index (χ4n) is 4.45. The van der Waals surface area contributed by atoms with Crippen LogP contribution in [0.5, 0.6) is 0 Å². The van der Waals surface area contributed by atoms with E-state index in [-0.39, 0.29) is 17.9 Å². The van der Waals surface area contributed by atoms with Crippen LogP contribution in [0, 0.1) is 0 Å². The van der Waals surface area contributed by atoms with Crippen molar-refractivity contribution >= 4 is 17.4 Å². The number of anilines is 1.